The molecule has 33 heavy (non-hydrogen) atoms. The maximum atomic E-state index is 12.7. The van der Waals surface area contributed by atoms with E-state index in [4.69, 9.17) is 4.42 Å². The molecule has 1 N–H and O–H groups in total. The molecule has 0 saturated carbocycles. The van der Waals surface area contributed by atoms with E-state index in [-0.39, 0.29) is 23.5 Å². The summed E-state index contributed by atoms with van der Waals surface area (Å²) in [4.78, 5) is 14.3. The Morgan fingerprint density at radius 1 is 1.18 bits per heavy atom. The van der Waals surface area contributed by atoms with Gasteiger partial charge >= 0.3 is 18.2 Å². The molecular formula is C24H23F3N4O2. The van der Waals surface area contributed by atoms with Gasteiger partial charge in [0.05, 0.1) is 6.42 Å². The summed E-state index contributed by atoms with van der Waals surface area (Å²) in [6.07, 6.45) is -2.64. The third-order valence-electron chi connectivity index (χ3n) is 5.45. The number of halogens is 3. The molecular weight excluding hydrogens is 433 g/mol. The Morgan fingerprint density at radius 3 is 2.70 bits per heavy atom. The second-order valence-corrected chi connectivity index (χ2v) is 8.06. The van der Waals surface area contributed by atoms with Crippen LogP contribution in [0.1, 0.15) is 24.5 Å². The van der Waals surface area contributed by atoms with Crippen LogP contribution in [0.4, 0.5) is 24.0 Å². The molecule has 1 saturated heterocycles. The second kappa shape index (κ2) is 9.48. The van der Waals surface area contributed by atoms with Gasteiger partial charge in [0.15, 0.2) is 0 Å². The molecule has 6 nitrogen and oxygen atoms in total. The molecule has 2 amide bonds. The monoisotopic (exact) mass is 456 g/mol. The van der Waals surface area contributed by atoms with Crippen LogP contribution in [0.15, 0.2) is 64.6 Å². The third-order valence-corrected chi connectivity index (χ3v) is 5.45. The van der Waals surface area contributed by atoms with Crippen LogP contribution in [0.3, 0.4) is 0 Å². The lowest BCUT2D eigenvalue weighted by atomic mass is 9.91. The van der Waals surface area contributed by atoms with Gasteiger partial charge in [-0.25, -0.2) is 4.79 Å². The highest BCUT2D eigenvalue weighted by molar-refractivity contribution is 5.87. The van der Waals surface area contributed by atoms with E-state index >= 15 is 0 Å². The number of rotatable bonds is 4. The Hall–Kier alpha value is -3.62. The Labute approximate surface area is 189 Å². The number of hydrogen-bond acceptors (Lipinski definition) is 4. The van der Waals surface area contributed by atoms with Gasteiger partial charge in [-0.05, 0) is 35.6 Å². The van der Waals surface area contributed by atoms with Crippen molar-refractivity contribution in [3.8, 4) is 11.5 Å². The number of urea groups is 1. The minimum Gasteiger partial charge on any atom is -0.403 e. The van der Waals surface area contributed by atoms with E-state index in [1.807, 2.05) is 43.3 Å². The fraction of sp³-hybridized carbons (Fsp3) is 0.292. The second-order valence-electron chi connectivity index (χ2n) is 8.06. The Bertz CT molecular complexity index is 1140. The zero-order chi connectivity index (χ0) is 23.4. The molecule has 1 fully saturated rings. The predicted molar refractivity (Wildman–Crippen MR) is 118 cm³/mol. The molecule has 0 radical (unpaired) electrons. The van der Waals surface area contributed by atoms with Crippen LogP contribution in [0.2, 0.25) is 0 Å². The van der Waals surface area contributed by atoms with Crippen LogP contribution >= 0.6 is 0 Å². The van der Waals surface area contributed by atoms with Crippen LogP contribution in [0.5, 0.6) is 0 Å². The van der Waals surface area contributed by atoms with Gasteiger partial charge in [-0.2, -0.15) is 13.2 Å². The quantitative estimate of drug-likeness (QED) is 0.539. The highest BCUT2D eigenvalue weighted by atomic mass is 19.4. The van der Waals surface area contributed by atoms with Crippen LogP contribution in [0.25, 0.3) is 17.5 Å². The lowest BCUT2D eigenvalue weighted by molar-refractivity contribution is -0.127. The number of carbonyl (C=O) groups is 1. The van der Waals surface area contributed by atoms with Gasteiger partial charge in [-0.1, -0.05) is 66.1 Å². The van der Waals surface area contributed by atoms with E-state index in [0.29, 0.717) is 25.4 Å². The summed E-state index contributed by atoms with van der Waals surface area (Å²) >= 11 is 0. The standard InChI is InChI=1S/C24H23F3N4O2/c1-16-15-31(23(32)28-22-30-29-21(33-22)19-8-3-2-4-9-19)11-10-20(16)13-17-6-5-7-18(12-17)14-24(25,26)27/h2-9,12-13,16H,10-11,14-15H2,1H3,(H,28,30,32). The summed E-state index contributed by atoms with van der Waals surface area (Å²) in [7, 11) is 0. The molecule has 0 aliphatic carbocycles. The SMILES string of the molecule is CC1CN(C(=O)Nc2nnc(-c3ccccc3)o2)CCC1=Cc1cccc(CC(F)(F)F)c1. The van der Waals surface area contributed by atoms with E-state index < -0.39 is 12.6 Å². The maximum Gasteiger partial charge on any atom is 0.393 e. The van der Waals surface area contributed by atoms with Crippen molar-refractivity contribution in [2.75, 3.05) is 18.4 Å². The van der Waals surface area contributed by atoms with Crippen molar-refractivity contribution in [3.05, 3.63) is 71.3 Å². The first-order valence-electron chi connectivity index (χ1n) is 10.6. The molecule has 0 bridgehead atoms. The number of benzene rings is 2. The first-order valence-corrected chi connectivity index (χ1v) is 10.6. The molecule has 1 aliphatic rings. The highest BCUT2D eigenvalue weighted by Crippen LogP contribution is 2.27. The minimum absolute atomic E-state index is 0.0225. The molecule has 2 heterocycles. The number of nitrogens with zero attached hydrogens (tertiary/aromatic N) is 3. The van der Waals surface area contributed by atoms with Crippen molar-refractivity contribution in [3.63, 3.8) is 0 Å². The molecule has 1 aromatic heterocycles. The molecule has 2 aromatic carbocycles. The predicted octanol–water partition coefficient (Wildman–Crippen LogP) is 5.80. The largest absolute Gasteiger partial charge is 0.403 e. The minimum atomic E-state index is -4.24. The van der Waals surface area contributed by atoms with E-state index in [0.717, 1.165) is 16.7 Å². The number of likely N-dealkylation sites (tertiary alicyclic amines) is 1. The summed E-state index contributed by atoms with van der Waals surface area (Å²) in [5.74, 6) is 0.370. The number of alkyl halides is 3. The molecule has 0 spiro atoms. The third kappa shape index (κ3) is 6.00. The summed E-state index contributed by atoms with van der Waals surface area (Å²) in [5.41, 5.74) is 2.81. The van der Waals surface area contributed by atoms with Gasteiger partial charge in [0, 0.05) is 18.7 Å². The molecule has 172 valence electrons. The zero-order valence-electron chi connectivity index (χ0n) is 18.0. The van der Waals surface area contributed by atoms with Gasteiger partial charge in [-0.3, -0.25) is 5.32 Å². The van der Waals surface area contributed by atoms with Gasteiger partial charge in [0.1, 0.15) is 0 Å². The maximum absolute atomic E-state index is 12.7. The average molecular weight is 456 g/mol. The van der Waals surface area contributed by atoms with Gasteiger partial charge in [-0.15, -0.1) is 5.10 Å². The topological polar surface area (TPSA) is 71.3 Å². The van der Waals surface area contributed by atoms with Crippen LogP contribution in [0, 0.1) is 5.92 Å². The number of anilines is 1. The Kier molecular flexibility index (Phi) is 6.48. The number of piperidine rings is 1. The lowest BCUT2D eigenvalue weighted by Crippen LogP contribution is -2.42. The van der Waals surface area contributed by atoms with Crippen molar-refractivity contribution in [1.82, 2.24) is 15.1 Å². The van der Waals surface area contributed by atoms with Gasteiger partial charge < -0.3 is 9.32 Å². The van der Waals surface area contributed by atoms with Gasteiger partial charge in [0.25, 0.3) is 0 Å². The molecule has 1 atom stereocenters. The van der Waals surface area contributed by atoms with Crippen LogP contribution in [-0.2, 0) is 6.42 Å². The van der Waals surface area contributed by atoms with Crippen LogP contribution in [-0.4, -0.2) is 40.4 Å². The Balaban J connectivity index is 1.37. The summed E-state index contributed by atoms with van der Waals surface area (Å²) in [6, 6.07) is 15.4. The average Bonchev–Trinajstić information content (AvgIpc) is 3.23. The number of carbonyl (C=O) groups excluding carboxylic acids is 1. The first-order chi connectivity index (χ1) is 15.8. The van der Waals surface area contributed by atoms with E-state index in [1.165, 1.54) is 6.07 Å². The summed E-state index contributed by atoms with van der Waals surface area (Å²) < 4.78 is 43.6. The molecule has 3 aromatic rings. The van der Waals surface area contributed by atoms with Crippen molar-refractivity contribution in [2.24, 2.45) is 5.92 Å². The molecule has 9 heteroatoms. The Morgan fingerprint density at radius 2 is 1.97 bits per heavy atom. The van der Waals surface area contributed by atoms with Crippen molar-refractivity contribution >= 4 is 18.1 Å². The highest BCUT2D eigenvalue weighted by Gasteiger charge is 2.28. The molecule has 4 rings (SSSR count). The molecule has 1 unspecified atom stereocenters. The number of amides is 2. The zero-order valence-corrected chi connectivity index (χ0v) is 18.0. The van der Waals surface area contributed by atoms with Crippen LogP contribution < -0.4 is 5.32 Å². The van der Waals surface area contributed by atoms with E-state index in [9.17, 15) is 18.0 Å². The van der Waals surface area contributed by atoms with Crippen molar-refractivity contribution in [2.45, 2.75) is 25.9 Å². The van der Waals surface area contributed by atoms with Crippen molar-refractivity contribution in [1.29, 1.82) is 0 Å². The van der Waals surface area contributed by atoms with E-state index in [2.05, 4.69) is 15.5 Å². The number of nitrogens with one attached hydrogen (secondary N) is 1. The first kappa shape index (κ1) is 22.6. The van der Waals surface area contributed by atoms with E-state index in [1.54, 1.807) is 23.1 Å². The molecule has 1 aliphatic heterocycles. The summed E-state index contributed by atoms with van der Waals surface area (Å²) in [6.45, 7) is 2.94. The fourth-order valence-electron chi connectivity index (χ4n) is 3.83. The smallest absolute Gasteiger partial charge is 0.393 e. The van der Waals surface area contributed by atoms with Gasteiger partial charge in [0.2, 0.25) is 5.89 Å². The summed E-state index contributed by atoms with van der Waals surface area (Å²) in [5, 5.41) is 10.5. The fourth-order valence-corrected chi connectivity index (χ4v) is 3.83. The lowest BCUT2D eigenvalue weighted by Gasteiger charge is -2.32. The number of hydrogen-bond donors (Lipinski definition) is 1. The van der Waals surface area contributed by atoms with Crippen molar-refractivity contribution < 1.29 is 22.4 Å². The normalized spacial score (nSPS) is 17.9. The number of aromatic nitrogens is 2.